The molecule has 1 aromatic carbocycles. The first-order valence-electron chi connectivity index (χ1n) is 5.95. The summed E-state index contributed by atoms with van der Waals surface area (Å²) in [5.41, 5.74) is -0.119. The molecule has 1 fully saturated rings. The highest BCUT2D eigenvalue weighted by molar-refractivity contribution is 6.62. The van der Waals surface area contributed by atoms with Gasteiger partial charge in [-0.2, -0.15) is 0 Å². The van der Waals surface area contributed by atoms with E-state index in [2.05, 4.69) is 0 Å². The van der Waals surface area contributed by atoms with Crippen LogP contribution in [-0.2, 0) is 9.31 Å². The van der Waals surface area contributed by atoms with E-state index in [4.69, 9.17) is 20.9 Å². The van der Waals surface area contributed by atoms with E-state index in [0.717, 1.165) is 0 Å². The number of benzene rings is 1. The number of rotatable bonds is 1. The maximum atomic E-state index is 14.1. The summed E-state index contributed by atoms with van der Waals surface area (Å²) in [6, 6.07) is 3.15. The predicted molar refractivity (Wildman–Crippen MR) is 71.9 cm³/mol. The minimum Gasteiger partial charge on any atom is -0.399 e. The van der Waals surface area contributed by atoms with Crippen molar-refractivity contribution in [1.29, 1.82) is 0 Å². The molecule has 0 aromatic heterocycles. The summed E-state index contributed by atoms with van der Waals surface area (Å²) in [5.74, 6) is -0.321. The lowest BCUT2D eigenvalue weighted by Gasteiger charge is -2.32. The quantitative estimate of drug-likeness (QED) is 0.730. The molecule has 2 rings (SSSR count). The molecule has 0 radical (unpaired) electrons. The van der Waals surface area contributed by atoms with E-state index in [-0.39, 0.29) is 5.82 Å². The van der Waals surface area contributed by atoms with Gasteiger partial charge in [-0.1, -0.05) is 11.6 Å². The van der Waals surface area contributed by atoms with Crippen LogP contribution in [0.2, 0.25) is 5.02 Å². The third-order valence-electron chi connectivity index (χ3n) is 3.75. The van der Waals surface area contributed by atoms with Crippen LogP contribution in [0.1, 0.15) is 33.3 Å². The van der Waals surface area contributed by atoms with Crippen LogP contribution >= 0.6 is 11.6 Å². The highest BCUT2D eigenvalue weighted by Crippen LogP contribution is 2.36. The summed E-state index contributed by atoms with van der Waals surface area (Å²) < 4.78 is 25.8. The van der Waals surface area contributed by atoms with Crippen molar-refractivity contribution >= 4 is 24.2 Å². The first kappa shape index (κ1) is 13.8. The smallest absolute Gasteiger partial charge is 0.399 e. The number of hydrogen-bond acceptors (Lipinski definition) is 2. The number of halogens is 2. The van der Waals surface area contributed by atoms with Gasteiger partial charge in [0.2, 0.25) is 0 Å². The fourth-order valence-corrected chi connectivity index (χ4v) is 2.17. The highest BCUT2D eigenvalue weighted by Gasteiger charge is 2.52. The van der Waals surface area contributed by atoms with E-state index < -0.39 is 18.3 Å². The van der Waals surface area contributed by atoms with E-state index in [1.54, 1.807) is 19.1 Å². The molecule has 0 amide bonds. The minimum atomic E-state index is -0.715. The van der Waals surface area contributed by atoms with E-state index in [0.29, 0.717) is 16.0 Å². The van der Waals surface area contributed by atoms with Gasteiger partial charge < -0.3 is 9.31 Å². The molecule has 5 heteroatoms. The number of hydrogen-bond donors (Lipinski definition) is 0. The van der Waals surface area contributed by atoms with Crippen LogP contribution in [-0.4, -0.2) is 18.3 Å². The Bertz CT molecular complexity index is 472. The van der Waals surface area contributed by atoms with Crippen LogP contribution in [0.3, 0.4) is 0 Å². The van der Waals surface area contributed by atoms with Crippen molar-refractivity contribution in [3.05, 3.63) is 28.5 Å². The molecular weight excluding hydrogens is 253 g/mol. The summed E-state index contributed by atoms with van der Waals surface area (Å²) in [7, 11) is -0.715. The molecule has 0 spiro atoms. The van der Waals surface area contributed by atoms with Crippen LogP contribution in [0.15, 0.2) is 12.1 Å². The van der Waals surface area contributed by atoms with E-state index in [1.165, 1.54) is 0 Å². The van der Waals surface area contributed by atoms with Crippen molar-refractivity contribution in [3.63, 3.8) is 0 Å². The van der Waals surface area contributed by atoms with Crippen molar-refractivity contribution in [2.24, 2.45) is 0 Å². The van der Waals surface area contributed by atoms with Crippen LogP contribution in [0.5, 0.6) is 0 Å². The molecular formula is C13H17BClFO2. The van der Waals surface area contributed by atoms with Gasteiger partial charge >= 0.3 is 7.12 Å². The first-order valence-corrected chi connectivity index (χ1v) is 6.33. The predicted octanol–water partition coefficient (Wildman–Crippen LogP) is 3.09. The molecule has 1 saturated heterocycles. The largest absolute Gasteiger partial charge is 0.497 e. The Labute approximate surface area is 113 Å². The van der Waals surface area contributed by atoms with Gasteiger partial charge in [0.1, 0.15) is 5.82 Å². The van der Waals surface area contributed by atoms with Gasteiger partial charge in [0, 0.05) is 10.5 Å². The van der Waals surface area contributed by atoms with Crippen molar-refractivity contribution < 1.29 is 13.7 Å². The molecule has 0 unspecified atom stereocenters. The molecule has 0 saturated carbocycles. The first-order chi connectivity index (χ1) is 8.14. The second kappa shape index (κ2) is 4.22. The van der Waals surface area contributed by atoms with E-state index in [9.17, 15) is 4.39 Å². The zero-order chi connectivity index (χ0) is 13.7. The highest BCUT2D eigenvalue weighted by atomic mass is 35.5. The molecule has 0 bridgehead atoms. The van der Waals surface area contributed by atoms with Crippen molar-refractivity contribution in [3.8, 4) is 0 Å². The second-order valence-electron chi connectivity index (χ2n) is 5.71. The molecule has 0 atom stereocenters. The van der Waals surface area contributed by atoms with Crippen molar-refractivity contribution in [1.82, 2.24) is 0 Å². The maximum absolute atomic E-state index is 14.1. The molecule has 1 aromatic rings. The van der Waals surface area contributed by atoms with Crippen molar-refractivity contribution in [2.45, 2.75) is 45.8 Å². The summed E-state index contributed by atoms with van der Waals surface area (Å²) in [4.78, 5) is 0. The average molecular weight is 271 g/mol. The summed E-state index contributed by atoms with van der Waals surface area (Å²) >= 11 is 5.96. The van der Waals surface area contributed by atoms with Crippen LogP contribution in [0, 0.1) is 12.7 Å². The normalized spacial score (nSPS) is 21.4. The third-order valence-corrected chi connectivity index (χ3v) is 3.97. The van der Waals surface area contributed by atoms with Gasteiger partial charge in [-0.3, -0.25) is 0 Å². The summed E-state index contributed by atoms with van der Waals surface area (Å²) in [5, 5.41) is 0.485. The van der Waals surface area contributed by atoms with Gasteiger partial charge in [-0.25, -0.2) is 4.39 Å². The molecule has 1 aliphatic rings. The van der Waals surface area contributed by atoms with Gasteiger partial charge in [0.15, 0.2) is 0 Å². The Kier molecular flexibility index (Phi) is 3.25. The van der Waals surface area contributed by atoms with Crippen LogP contribution in [0.4, 0.5) is 4.39 Å². The minimum absolute atomic E-state index is 0.321. The average Bonchev–Trinajstić information content (AvgIpc) is 2.42. The lowest BCUT2D eigenvalue weighted by atomic mass is 9.78. The van der Waals surface area contributed by atoms with E-state index >= 15 is 0 Å². The lowest BCUT2D eigenvalue weighted by Crippen LogP contribution is -2.41. The zero-order valence-electron chi connectivity index (χ0n) is 11.3. The molecule has 18 heavy (non-hydrogen) atoms. The zero-order valence-corrected chi connectivity index (χ0v) is 12.1. The monoisotopic (exact) mass is 270 g/mol. The van der Waals surface area contributed by atoms with Crippen molar-refractivity contribution in [2.75, 3.05) is 0 Å². The van der Waals surface area contributed by atoms with Gasteiger partial charge in [0.25, 0.3) is 0 Å². The number of aryl methyl sites for hydroxylation is 1. The van der Waals surface area contributed by atoms with Gasteiger partial charge in [-0.15, -0.1) is 0 Å². The Balaban J connectivity index is 2.41. The Morgan fingerprint density at radius 1 is 1.11 bits per heavy atom. The summed E-state index contributed by atoms with van der Waals surface area (Å²) in [6.07, 6.45) is 0. The van der Waals surface area contributed by atoms with E-state index in [1.807, 2.05) is 27.7 Å². The maximum Gasteiger partial charge on any atom is 0.497 e. The molecule has 98 valence electrons. The fraction of sp³-hybridized carbons (Fsp3) is 0.538. The fourth-order valence-electron chi connectivity index (χ4n) is 1.89. The van der Waals surface area contributed by atoms with Crippen LogP contribution in [0.25, 0.3) is 0 Å². The standard InChI is InChI=1S/C13H17BClFO2/c1-8-6-9(15)7-10(11(8)16)14-17-12(2,3)13(4,5)18-14/h6-7H,1-5H3. The Hall–Kier alpha value is -0.575. The Morgan fingerprint density at radius 2 is 1.61 bits per heavy atom. The molecule has 1 heterocycles. The van der Waals surface area contributed by atoms with Gasteiger partial charge in [-0.05, 0) is 52.3 Å². The van der Waals surface area contributed by atoms with Gasteiger partial charge in [0.05, 0.1) is 11.2 Å². The molecule has 0 N–H and O–H groups in total. The SMILES string of the molecule is Cc1cc(Cl)cc(B2OC(C)(C)C(C)(C)O2)c1F. The van der Waals surface area contributed by atoms with Crippen LogP contribution < -0.4 is 5.46 Å². The second-order valence-corrected chi connectivity index (χ2v) is 6.15. The molecule has 2 nitrogen and oxygen atoms in total. The third kappa shape index (κ3) is 2.17. The Morgan fingerprint density at radius 3 is 2.11 bits per heavy atom. The summed E-state index contributed by atoms with van der Waals surface area (Å²) in [6.45, 7) is 9.41. The lowest BCUT2D eigenvalue weighted by molar-refractivity contribution is 0.00578. The molecule has 1 aliphatic heterocycles. The molecule has 0 aliphatic carbocycles. The topological polar surface area (TPSA) is 18.5 Å².